The molecule has 1 heterocycles. The molecule has 0 amide bonds. The smallest absolute Gasteiger partial charge is 0.367 e. The minimum absolute atomic E-state index is 0.0499. The molecule has 0 aliphatic carbocycles. The number of guanidine groups is 1. The van der Waals surface area contributed by atoms with E-state index in [1.165, 1.54) is 6.42 Å². The third kappa shape index (κ3) is 6.94. The molecule has 1 N–H and O–H groups in total. The Bertz CT molecular complexity index is 575. The maximum absolute atomic E-state index is 12.1. The highest BCUT2D eigenvalue weighted by molar-refractivity contribution is 5.80. The molecule has 25 heavy (non-hydrogen) atoms. The van der Waals surface area contributed by atoms with Gasteiger partial charge < -0.3 is 15.0 Å². The highest BCUT2D eigenvalue weighted by atomic mass is 19.4. The van der Waals surface area contributed by atoms with Gasteiger partial charge in [-0.2, -0.15) is 13.2 Å². The second-order valence-corrected chi connectivity index (χ2v) is 6.52. The minimum Gasteiger partial charge on any atom is -0.367 e. The molecule has 0 spiro atoms. The molecule has 1 atom stereocenters. The summed E-state index contributed by atoms with van der Waals surface area (Å²) in [4.78, 5) is 6.60. The van der Waals surface area contributed by atoms with E-state index in [9.17, 15) is 13.2 Å². The summed E-state index contributed by atoms with van der Waals surface area (Å²) in [5.74, 6) is 1.52. The Morgan fingerprint density at radius 3 is 2.80 bits per heavy atom. The van der Waals surface area contributed by atoms with Gasteiger partial charge in [0, 0.05) is 26.7 Å². The molecule has 0 saturated carbocycles. The van der Waals surface area contributed by atoms with Crippen LogP contribution < -0.4 is 5.32 Å². The molecule has 1 aliphatic rings. The van der Waals surface area contributed by atoms with E-state index in [1.54, 1.807) is 13.1 Å². The van der Waals surface area contributed by atoms with Gasteiger partial charge in [-0.1, -0.05) is 31.2 Å². The van der Waals surface area contributed by atoms with E-state index in [0.29, 0.717) is 12.5 Å². The van der Waals surface area contributed by atoms with Crippen molar-refractivity contribution in [3.8, 4) is 0 Å². The number of piperidine rings is 1. The normalized spacial score (nSPS) is 19.2. The number of ether oxygens (including phenoxy) is 1. The van der Waals surface area contributed by atoms with Gasteiger partial charge in [0.15, 0.2) is 5.96 Å². The van der Waals surface area contributed by atoms with Crippen LogP contribution in [0.15, 0.2) is 29.3 Å². The van der Waals surface area contributed by atoms with Gasteiger partial charge in [-0.05, 0) is 29.9 Å². The SMILES string of the molecule is CN=C(NCc1cccc(COCC(F)(F)F)c1)N1CCCC(C)C1. The number of alkyl halides is 3. The number of hydrogen-bond acceptors (Lipinski definition) is 2. The number of benzene rings is 1. The molecule has 1 saturated heterocycles. The third-order valence-corrected chi connectivity index (χ3v) is 4.14. The molecule has 140 valence electrons. The van der Waals surface area contributed by atoms with E-state index in [2.05, 4.69) is 22.1 Å². The predicted octanol–water partition coefficient (Wildman–Crippen LogP) is 3.57. The number of nitrogens with one attached hydrogen (secondary N) is 1. The van der Waals surface area contributed by atoms with Gasteiger partial charge in [-0.15, -0.1) is 0 Å². The maximum Gasteiger partial charge on any atom is 0.411 e. The predicted molar refractivity (Wildman–Crippen MR) is 92.3 cm³/mol. The number of hydrogen-bond donors (Lipinski definition) is 1. The monoisotopic (exact) mass is 357 g/mol. The average molecular weight is 357 g/mol. The van der Waals surface area contributed by atoms with Crippen molar-refractivity contribution in [1.82, 2.24) is 10.2 Å². The Balaban J connectivity index is 1.86. The summed E-state index contributed by atoms with van der Waals surface area (Å²) in [6.45, 7) is 3.52. The number of rotatable bonds is 5. The van der Waals surface area contributed by atoms with Crippen LogP contribution in [0.5, 0.6) is 0 Å². The van der Waals surface area contributed by atoms with E-state index in [4.69, 9.17) is 4.74 Å². The molecule has 1 unspecified atom stereocenters. The van der Waals surface area contributed by atoms with Crippen molar-refractivity contribution >= 4 is 5.96 Å². The maximum atomic E-state index is 12.1. The summed E-state index contributed by atoms with van der Waals surface area (Å²) >= 11 is 0. The fraction of sp³-hybridized carbons (Fsp3) is 0.611. The fourth-order valence-corrected chi connectivity index (χ4v) is 3.01. The fourth-order valence-electron chi connectivity index (χ4n) is 3.01. The molecule has 0 radical (unpaired) electrons. The molecular formula is C18H26F3N3O. The van der Waals surface area contributed by atoms with E-state index in [-0.39, 0.29) is 6.61 Å². The Morgan fingerprint density at radius 1 is 1.36 bits per heavy atom. The molecule has 1 fully saturated rings. The lowest BCUT2D eigenvalue weighted by Gasteiger charge is -2.33. The van der Waals surface area contributed by atoms with Crippen LogP contribution >= 0.6 is 0 Å². The molecule has 7 heteroatoms. The number of halogens is 3. The van der Waals surface area contributed by atoms with E-state index in [0.717, 1.165) is 36.6 Å². The second-order valence-electron chi connectivity index (χ2n) is 6.52. The van der Waals surface area contributed by atoms with Gasteiger partial charge in [-0.3, -0.25) is 4.99 Å². The number of aliphatic imine (C=N–C) groups is 1. The van der Waals surface area contributed by atoms with E-state index in [1.807, 2.05) is 18.2 Å². The first-order chi connectivity index (χ1) is 11.9. The van der Waals surface area contributed by atoms with Crippen molar-refractivity contribution in [3.05, 3.63) is 35.4 Å². The average Bonchev–Trinajstić information content (AvgIpc) is 2.55. The highest BCUT2D eigenvalue weighted by Crippen LogP contribution is 2.17. The Kier molecular flexibility index (Phi) is 7.11. The lowest BCUT2D eigenvalue weighted by Crippen LogP contribution is -2.45. The summed E-state index contributed by atoms with van der Waals surface area (Å²) in [6.07, 6.45) is -1.89. The molecule has 0 aromatic heterocycles. The molecular weight excluding hydrogens is 331 g/mol. The standard InChI is InChI=1S/C18H26F3N3O/c1-14-5-4-8-24(11-14)17(22-2)23-10-15-6-3-7-16(9-15)12-25-13-18(19,20)21/h3,6-7,9,14H,4-5,8,10-13H2,1-2H3,(H,22,23). The van der Waals surface area contributed by atoms with Crippen LogP contribution in [0.2, 0.25) is 0 Å². The van der Waals surface area contributed by atoms with E-state index >= 15 is 0 Å². The zero-order chi connectivity index (χ0) is 18.3. The van der Waals surface area contributed by atoms with Crippen molar-refractivity contribution in [1.29, 1.82) is 0 Å². The van der Waals surface area contributed by atoms with Gasteiger partial charge in [-0.25, -0.2) is 0 Å². The van der Waals surface area contributed by atoms with Crippen LogP contribution in [-0.2, 0) is 17.9 Å². The van der Waals surface area contributed by atoms with Gasteiger partial charge in [0.25, 0.3) is 0 Å². The largest absolute Gasteiger partial charge is 0.411 e. The first kappa shape index (κ1) is 19.6. The molecule has 0 bridgehead atoms. The minimum atomic E-state index is -4.29. The van der Waals surface area contributed by atoms with E-state index < -0.39 is 12.8 Å². The summed E-state index contributed by atoms with van der Waals surface area (Å²) in [5.41, 5.74) is 1.71. The Morgan fingerprint density at radius 2 is 2.12 bits per heavy atom. The van der Waals surface area contributed by atoms with Crippen LogP contribution in [0.4, 0.5) is 13.2 Å². The van der Waals surface area contributed by atoms with Gasteiger partial charge >= 0.3 is 6.18 Å². The zero-order valence-electron chi connectivity index (χ0n) is 14.8. The third-order valence-electron chi connectivity index (χ3n) is 4.14. The molecule has 1 aromatic carbocycles. The summed E-state index contributed by atoms with van der Waals surface area (Å²) in [7, 11) is 1.77. The summed E-state index contributed by atoms with van der Waals surface area (Å²) in [6, 6.07) is 7.39. The Hall–Kier alpha value is -1.76. The number of nitrogens with zero attached hydrogens (tertiary/aromatic N) is 2. The highest BCUT2D eigenvalue weighted by Gasteiger charge is 2.27. The lowest BCUT2D eigenvalue weighted by molar-refractivity contribution is -0.176. The van der Waals surface area contributed by atoms with Crippen molar-refractivity contribution in [2.45, 2.75) is 39.1 Å². The van der Waals surface area contributed by atoms with Crippen LogP contribution in [-0.4, -0.2) is 43.8 Å². The second kappa shape index (κ2) is 9.08. The first-order valence-corrected chi connectivity index (χ1v) is 8.55. The van der Waals surface area contributed by atoms with Crippen LogP contribution in [0.3, 0.4) is 0 Å². The number of likely N-dealkylation sites (tertiary alicyclic amines) is 1. The van der Waals surface area contributed by atoms with Gasteiger partial charge in [0.05, 0.1) is 6.61 Å². The van der Waals surface area contributed by atoms with Crippen molar-refractivity contribution in [2.75, 3.05) is 26.7 Å². The van der Waals surface area contributed by atoms with Gasteiger partial charge in [0.1, 0.15) is 6.61 Å². The summed E-state index contributed by atoms with van der Waals surface area (Å²) < 4.78 is 41.1. The van der Waals surface area contributed by atoms with Crippen LogP contribution in [0, 0.1) is 5.92 Å². The van der Waals surface area contributed by atoms with Crippen LogP contribution in [0.25, 0.3) is 0 Å². The molecule has 2 rings (SSSR count). The quantitative estimate of drug-likeness (QED) is 0.647. The lowest BCUT2D eigenvalue weighted by atomic mass is 10.0. The molecule has 4 nitrogen and oxygen atoms in total. The first-order valence-electron chi connectivity index (χ1n) is 8.55. The van der Waals surface area contributed by atoms with Crippen molar-refractivity contribution in [2.24, 2.45) is 10.9 Å². The van der Waals surface area contributed by atoms with Crippen molar-refractivity contribution < 1.29 is 17.9 Å². The molecule has 1 aromatic rings. The van der Waals surface area contributed by atoms with Crippen molar-refractivity contribution in [3.63, 3.8) is 0 Å². The van der Waals surface area contributed by atoms with Gasteiger partial charge in [0.2, 0.25) is 0 Å². The topological polar surface area (TPSA) is 36.9 Å². The van der Waals surface area contributed by atoms with Crippen LogP contribution in [0.1, 0.15) is 30.9 Å². The summed E-state index contributed by atoms with van der Waals surface area (Å²) in [5, 5.41) is 3.34. The Labute approximate surface area is 147 Å². The molecule has 1 aliphatic heterocycles. The zero-order valence-corrected chi connectivity index (χ0v) is 14.8.